The van der Waals surface area contributed by atoms with Gasteiger partial charge in [-0.2, -0.15) is 0 Å². The van der Waals surface area contributed by atoms with Crippen molar-refractivity contribution in [3.05, 3.63) is 90.0 Å². The number of nitrogens with zero attached hydrogens (tertiary/aromatic N) is 2. The van der Waals surface area contributed by atoms with E-state index in [9.17, 15) is 18.0 Å². The highest BCUT2D eigenvalue weighted by Gasteiger charge is 2.34. The maximum Gasteiger partial charge on any atom is 0.264 e. The molecule has 0 heterocycles. The predicted octanol–water partition coefficient (Wildman–Crippen LogP) is 4.92. The van der Waals surface area contributed by atoms with Crippen molar-refractivity contribution >= 4 is 27.5 Å². The Hall–Kier alpha value is -3.85. The number of aryl methyl sites for hydroxylation is 1. The van der Waals surface area contributed by atoms with E-state index < -0.39 is 28.5 Å². The Morgan fingerprint density at radius 1 is 0.900 bits per heavy atom. The van der Waals surface area contributed by atoms with Crippen LogP contribution >= 0.6 is 0 Å². The Balaban J connectivity index is 2.08. The first-order chi connectivity index (χ1) is 19.1. The van der Waals surface area contributed by atoms with Gasteiger partial charge in [0.1, 0.15) is 18.3 Å². The molecule has 0 aromatic heterocycles. The molecule has 0 saturated heterocycles. The summed E-state index contributed by atoms with van der Waals surface area (Å²) in [5.41, 5.74) is 2.14. The lowest BCUT2D eigenvalue weighted by molar-refractivity contribution is -0.140. The van der Waals surface area contributed by atoms with Crippen LogP contribution in [0.4, 0.5) is 5.69 Å². The minimum Gasteiger partial charge on any atom is -0.495 e. The normalized spacial score (nSPS) is 12.7. The van der Waals surface area contributed by atoms with Gasteiger partial charge < -0.3 is 15.0 Å². The third kappa shape index (κ3) is 7.41. The summed E-state index contributed by atoms with van der Waals surface area (Å²) >= 11 is 0. The molecule has 0 fully saturated rings. The van der Waals surface area contributed by atoms with Crippen LogP contribution in [0.25, 0.3) is 0 Å². The van der Waals surface area contributed by atoms with Gasteiger partial charge in [0.25, 0.3) is 10.0 Å². The van der Waals surface area contributed by atoms with E-state index in [0.717, 1.165) is 21.9 Å². The van der Waals surface area contributed by atoms with E-state index in [1.54, 1.807) is 42.5 Å². The van der Waals surface area contributed by atoms with Crippen molar-refractivity contribution in [2.45, 2.75) is 64.1 Å². The van der Waals surface area contributed by atoms with Crippen LogP contribution in [0, 0.1) is 6.92 Å². The number of benzene rings is 3. The Labute approximate surface area is 238 Å². The molecule has 2 atom stereocenters. The van der Waals surface area contributed by atoms with E-state index >= 15 is 0 Å². The van der Waals surface area contributed by atoms with Crippen LogP contribution < -0.4 is 14.4 Å². The monoisotopic (exact) mass is 565 g/mol. The molecular formula is C31H39N3O5S. The molecule has 3 rings (SSSR count). The van der Waals surface area contributed by atoms with E-state index in [4.69, 9.17) is 4.74 Å². The minimum absolute atomic E-state index is 0.0420. The molecule has 2 amide bonds. The molecule has 40 heavy (non-hydrogen) atoms. The summed E-state index contributed by atoms with van der Waals surface area (Å²) in [6.45, 7) is 7.33. The fourth-order valence-corrected chi connectivity index (χ4v) is 5.77. The van der Waals surface area contributed by atoms with Gasteiger partial charge in [0.15, 0.2) is 0 Å². The Kier molecular flexibility index (Phi) is 10.7. The molecule has 0 spiro atoms. The maximum atomic E-state index is 14.1. The average molecular weight is 566 g/mol. The van der Waals surface area contributed by atoms with Crippen LogP contribution in [0.15, 0.2) is 83.8 Å². The standard InChI is InChI=1S/C31H39N3O5S/c1-6-24(4)32-31(36)27(7-2)33(21-25-19-17-23(3)18-20-25)30(35)22-34(28-15-11-12-16-29(28)39-5)40(37,38)26-13-9-8-10-14-26/h8-20,24,27H,6-7,21-22H2,1-5H3,(H,32,36)/t24-,27-/m0/s1. The number of rotatable bonds is 13. The molecule has 0 radical (unpaired) electrons. The molecule has 0 unspecified atom stereocenters. The second-order valence-electron chi connectivity index (χ2n) is 9.75. The van der Waals surface area contributed by atoms with Crippen molar-refractivity contribution in [3.8, 4) is 5.75 Å². The van der Waals surface area contributed by atoms with Crippen molar-refractivity contribution in [1.82, 2.24) is 10.2 Å². The third-order valence-electron chi connectivity index (χ3n) is 6.82. The van der Waals surface area contributed by atoms with Gasteiger partial charge in [0.2, 0.25) is 11.8 Å². The van der Waals surface area contributed by atoms with Gasteiger partial charge in [-0.15, -0.1) is 0 Å². The quantitative estimate of drug-likeness (QED) is 0.317. The maximum absolute atomic E-state index is 14.1. The van der Waals surface area contributed by atoms with Crippen molar-refractivity contribution in [1.29, 1.82) is 0 Å². The number of nitrogens with one attached hydrogen (secondary N) is 1. The highest BCUT2D eigenvalue weighted by Crippen LogP contribution is 2.32. The van der Waals surface area contributed by atoms with Gasteiger partial charge in [-0.1, -0.05) is 74.0 Å². The zero-order valence-electron chi connectivity index (χ0n) is 23.8. The molecule has 3 aromatic carbocycles. The van der Waals surface area contributed by atoms with E-state index in [1.807, 2.05) is 52.0 Å². The van der Waals surface area contributed by atoms with Crippen molar-refractivity contribution < 1.29 is 22.7 Å². The summed E-state index contributed by atoms with van der Waals surface area (Å²) in [6.07, 6.45) is 1.10. The summed E-state index contributed by atoms with van der Waals surface area (Å²) in [6, 6.07) is 21.5. The number of anilines is 1. The van der Waals surface area contributed by atoms with Gasteiger partial charge in [-0.25, -0.2) is 8.42 Å². The van der Waals surface area contributed by atoms with Crippen LogP contribution in [0.1, 0.15) is 44.7 Å². The largest absolute Gasteiger partial charge is 0.495 e. The number of hydrogen-bond donors (Lipinski definition) is 1. The molecule has 214 valence electrons. The van der Waals surface area contributed by atoms with E-state index in [0.29, 0.717) is 12.2 Å². The lowest BCUT2D eigenvalue weighted by atomic mass is 10.1. The molecule has 0 aliphatic carbocycles. The fourth-order valence-electron chi connectivity index (χ4n) is 4.32. The summed E-state index contributed by atoms with van der Waals surface area (Å²) in [4.78, 5) is 29.0. The predicted molar refractivity (Wildman–Crippen MR) is 158 cm³/mol. The highest BCUT2D eigenvalue weighted by molar-refractivity contribution is 7.92. The molecule has 0 saturated carbocycles. The number of hydrogen-bond acceptors (Lipinski definition) is 5. The van der Waals surface area contributed by atoms with Gasteiger partial charge in [0, 0.05) is 12.6 Å². The molecule has 1 N–H and O–H groups in total. The first-order valence-electron chi connectivity index (χ1n) is 13.5. The van der Waals surface area contributed by atoms with Crippen LogP contribution in [0.5, 0.6) is 5.75 Å². The molecule has 0 bridgehead atoms. The van der Waals surface area contributed by atoms with Crippen molar-refractivity contribution in [2.24, 2.45) is 0 Å². The van der Waals surface area contributed by atoms with Gasteiger partial charge >= 0.3 is 0 Å². The zero-order chi connectivity index (χ0) is 29.3. The first-order valence-corrected chi connectivity index (χ1v) is 14.9. The van der Waals surface area contributed by atoms with Crippen molar-refractivity contribution in [2.75, 3.05) is 18.0 Å². The highest BCUT2D eigenvalue weighted by atomic mass is 32.2. The number of para-hydroxylation sites is 2. The summed E-state index contributed by atoms with van der Waals surface area (Å²) in [5, 5.41) is 2.99. The molecular weight excluding hydrogens is 526 g/mol. The first kappa shape index (κ1) is 30.7. The molecule has 3 aromatic rings. The van der Waals surface area contributed by atoms with E-state index in [-0.39, 0.29) is 29.1 Å². The second kappa shape index (κ2) is 14.0. The summed E-state index contributed by atoms with van der Waals surface area (Å²) in [7, 11) is -2.72. The van der Waals surface area contributed by atoms with E-state index in [1.165, 1.54) is 24.1 Å². The third-order valence-corrected chi connectivity index (χ3v) is 8.60. The number of carbonyl (C=O) groups excluding carboxylic acids is 2. The van der Waals surface area contributed by atoms with Crippen LogP contribution in [-0.2, 0) is 26.2 Å². The zero-order valence-corrected chi connectivity index (χ0v) is 24.6. The van der Waals surface area contributed by atoms with Crippen molar-refractivity contribution in [3.63, 3.8) is 0 Å². The van der Waals surface area contributed by atoms with Gasteiger partial charge in [-0.05, 0) is 56.5 Å². The molecule has 8 nitrogen and oxygen atoms in total. The van der Waals surface area contributed by atoms with E-state index in [2.05, 4.69) is 5.32 Å². The number of sulfonamides is 1. The molecule has 0 aliphatic heterocycles. The lowest BCUT2D eigenvalue weighted by Gasteiger charge is -2.34. The Morgan fingerprint density at radius 2 is 1.52 bits per heavy atom. The van der Waals surface area contributed by atoms with Gasteiger partial charge in [0.05, 0.1) is 17.7 Å². The smallest absolute Gasteiger partial charge is 0.264 e. The topological polar surface area (TPSA) is 96.0 Å². The van der Waals surface area contributed by atoms with Crippen LogP contribution in [0.3, 0.4) is 0 Å². The summed E-state index contributed by atoms with van der Waals surface area (Å²) in [5.74, 6) is -0.467. The summed E-state index contributed by atoms with van der Waals surface area (Å²) < 4.78 is 34.4. The van der Waals surface area contributed by atoms with Gasteiger partial charge in [-0.3, -0.25) is 13.9 Å². The number of ether oxygens (including phenoxy) is 1. The Morgan fingerprint density at radius 3 is 2.12 bits per heavy atom. The number of methoxy groups -OCH3 is 1. The Bertz CT molecular complexity index is 1380. The fraction of sp³-hybridized carbons (Fsp3) is 0.355. The number of carbonyl (C=O) groups is 2. The van der Waals surface area contributed by atoms with Crippen LogP contribution in [0.2, 0.25) is 0 Å². The second-order valence-corrected chi connectivity index (χ2v) is 11.6. The van der Waals surface area contributed by atoms with Crippen LogP contribution in [-0.4, -0.2) is 50.9 Å². The average Bonchev–Trinajstić information content (AvgIpc) is 2.96. The SMILES string of the molecule is CC[C@H](C)NC(=O)[C@H](CC)N(Cc1ccc(C)cc1)C(=O)CN(c1ccccc1OC)S(=O)(=O)c1ccccc1. The molecule has 0 aliphatic rings. The molecule has 9 heteroatoms. The number of amides is 2. The lowest BCUT2D eigenvalue weighted by Crippen LogP contribution is -2.53. The minimum atomic E-state index is -4.16.